The zero-order valence-electron chi connectivity index (χ0n) is 10.3. The van der Waals surface area contributed by atoms with Gasteiger partial charge in [-0.05, 0) is 19.4 Å². The van der Waals surface area contributed by atoms with Gasteiger partial charge in [-0.1, -0.05) is 0 Å². The van der Waals surface area contributed by atoms with Gasteiger partial charge in [0.25, 0.3) is 0 Å². The molecule has 18 heavy (non-hydrogen) atoms. The van der Waals surface area contributed by atoms with Crippen LogP contribution in [0.3, 0.4) is 0 Å². The molecule has 0 atom stereocenters. The molecule has 2 aromatic heterocycles. The number of nitrogen functional groups attached to an aromatic ring is 2. The zero-order chi connectivity index (χ0) is 12.9. The van der Waals surface area contributed by atoms with E-state index in [2.05, 4.69) is 29.2 Å². The molecular weight excluding hydrogens is 250 g/mol. The number of fused-ring (bicyclic) bond motifs is 3. The van der Waals surface area contributed by atoms with E-state index in [1.54, 1.807) is 11.3 Å². The molecule has 0 aromatic carbocycles. The second-order valence-electron chi connectivity index (χ2n) is 4.98. The van der Waals surface area contributed by atoms with Gasteiger partial charge in [0.2, 0.25) is 5.95 Å². The molecule has 0 saturated heterocycles. The minimum atomic E-state index is -0.172. The van der Waals surface area contributed by atoms with E-state index in [4.69, 9.17) is 16.3 Å². The zero-order valence-corrected chi connectivity index (χ0v) is 11.1. The molecule has 3 rings (SSSR count). The molecular formula is C11H15N5OS. The molecule has 6 nitrogen and oxygen atoms in total. The van der Waals surface area contributed by atoms with Gasteiger partial charge in [0.05, 0.1) is 17.6 Å². The van der Waals surface area contributed by atoms with Crippen molar-refractivity contribution >= 4 is 33.3 Å². The lowest BCUT2D eigenvalue weighted by Gasteiger charge is -2.30. The Kier molecular flexibility index (Phi) is 2.44. The Morgan fingerprint density at radius 2 is 2.17 bits per heavy atom. The fraction of sp³-hybridized carbons (Fsp3) is 0.455. The van der Waals surface area contributed by atoms with Crippen molar-refractivity contribution < 1.29 is 4.74 Å². The molecule has 96 valence electrons. The van der Waals surface area contributed by atoms with Crippen molar-refractivity contribution in [3.8, 4) is 0 Å². The van der Waals surface area contributed by atoms with E-state index < -0.39 is 0 Å². The van der Waals surface area contributed by atoms with Crippen molar-refractivity contribution in [2.45, 2.75) is 32.5 Å². The average Bonchev–Trinajstić information content (AvgIpc) is 2.64. The highest BCUT2D eigenvalue weighted by Gasteiger charge is 2.30. The molecule has 0 bridgehead atoms. The molecule has 3 heterocycles. The molecule has 0 fully saturated rings. The molecule has 2 aromatic rings. The lowest BCUT2D eigenvalue weighted by molar-refractivity contribution is -0.0379. The summed E-state index contributed by atoms with van der Waals surface area (Å²) in [6.45, 7) is 4.76. The molecule has 0 spiro atoms. The summed E-state index contributed by atoms with van der Waals surface area (Å²) < 4.78 is 5.80. The largest absolute Gasteiger partial charge is 0.370 e. The van der Waals surface area contributed by atoms with Crippen LogP contribution in [-0.2, 0) is 17.8 Å². The lowest BCUT2D eigenvalue weighted by Crippen LogP contribution is -2.31. The van der Waals surface area contributed by atoms with Gasteiger partial charge in [0, 0.05) is 11.3 Å². The molecule has 7 heteroatoms. The van der Waals surface area contributed by atoms with E-state index in [9.17, 15) is 0 Å². The Labute approximate surface area is 108 Å². The van der Waals surface area contributed by atoms with Gasteiger partial charge in [-0.15, -0.1) is 11.3 Å². The predicted molar refractivity (Wildman–Crippen MR) is 72.2 cm³/mol. The molecule has 0 unspecified atom stereocenters. The number of hydrogen-bond donors (Lipinski definition) is 3. The highest BCUT2D eigenvalue weighted by Crippen LogP contribution is 2.40. The summed E-state index contributed by atoms with van der Waals surface area (Å²) in [7, 11) is 0. The third-order valence-electron chi connectivity index (χ3n) is 3.08. The van der Waals surface area contributed by atoms with Crippen molar-refractivity contribution in [2.75, 3.05) is 11.2 Å². The fourth-order valence-electron chi connectivity index (χ4n) is 2.27. The molecule has 5 N–H and O–H groups in total. The predicted octanol–water partition coefficient (Wildman–Crippen LogP) is 1.41. The average molecular weight is 265 g/mol. The fourth-order valence-corrected chi connectivity index (χ4v) is 3.38. The highest BCUT2D eigenvalue weighted by molar-refractivity contribution is 7.19. The highest BCUT2D eigenvalue weighted by atomic mass is 32.1. The first kappa shape index (κ1) is 11.6. The third kappa shape index (κ3) is 1.71. The number of thiophene rings is 1. The smallest absolute Gasteiger partial charge is 0.223 e. The van der Waals surface area contributed by atoms with E-state index in [1.165, 1.54) is 10.4 Å². The number of nitrogens with one attached hydrogen (secondary N) is 1. The van der Waals surface area contributed by atoms with Crippen molar-refractivity contribution in [3.63, 3.8) is 0 Å². The van der Waals surface area contributed by atoms with Crippen LogP contribution in [0.2, 0.25) is 0 Å². The van der Waals surface area contributed by atoms with Crippen molar-refractivity contribution in [1.82, 2.24) is 9.97 Å². The van der Waals surface area contributed by atoms with Crippen LogP contribution in [0.4, 0.5) is 11.8 Å². The second kappa shape index (κ2) is 3.78. The van der Waals surface area contributed by atoms with Crippen molar-refractivity contribution in [2.24, 2.45) is 5.84 Å². The summed E-state index contributed by atoms with van der Waals surface area (Å²) in [4.78, 5) is 10.5. The van der Waals surface area contributed by atoms with E-state index >= 15 is 0 Å². The molecule has 0 radical (unpaired) electrons. The summed E-state index contributed by atoms with van der Waals surface area (Å²) in [5.41, 5.74) is 9.33. The van der Waals surface area contributed by atoms with E-state index in [-0.39, 0.29) is 11.5 Å². The van der Waals surface area contributed by atoms with E-state index in [1.807, 2.05) is 0 Å². The van der Waals surface area contributed by atoms with E-state index in [0.717, 1.165) is 16.6 Å². The number of anilines is 2. The number of nitrogens with zero attached hydrogens (tertiary/aromatic N) is 2. The van der Waals surface area contributed by atoms with Crippen LogP contribution in [0.15, 0.2) is 0 Å². The van der Waals surface area contributed by atoms with Crippen molar-refractivity contribution in [1.29, 1.82) is 0 Å². The molecule has 0 amide bonds. The summed E-state index contributed by atoms with van der Waals surface area (Å²) in [5, 5.41) is 0.975. The number of rotatable bonds is 1. The Bertz CT molecular complexity index is 621. The van der Waals surface area contributed by atoms with Crippen LogP contribution in [0.5, 0.6) is 0 Å². The maximum atomic E-state index is 5.80. The van der Waals surface area contributed by atoms with Crippen LogP contribution in [0, 0.1) is 0 Å². The number of hydrogen-bond acceptors (Lipinski definition) is 7. The van der Waals surface area contributed by atoms with Crippen LogP contribution in [0.1, 0.15) is 24.3 Å². The molecule has 1 aliphatic heterocycles. The van der Waals surface area contributed by atoms with E-state index in [0.29, 0.717) is 12.4 Å². The van der Waals surface area contributed by atoms with Crippen LogP contribution in [0.25, 0.3) is 10.2 Å². The van der Waals surface area contributed by atoms with Gasteiger partial charge < -0.3 is 15.9 Å². The Hall–Kier alpha value is -1.44. The number of aromatic nitrogens is 2. The van der Waals surface area contributed by atoms with Crippen LogP contribution in [-0.4, -0.2) is 15.6 Å². The van der Waals surface area contributed by atoms with Gasteiger partial charge in [-0.25, -0.2) is 10.8 Å². The second-order valence-corrected chi connectivity index (χ2v) is 6.07. The topological polar surface area (TPSA) is 99.1 Å². The third-order valence-corrected chi connectivity index (χ3v) is 4.18. The monoisotopic (exact) mass is 265 g/mol. The lowest BCUT2D eigenvalue weighted by atomic mass is 9.94. The van der Waals surface area contributed by atoms with Gasteiger partial charge in [0.1, 0.15) is 4.83 Å². The maximum Gasteiger partial charge on any atom is 0.223 e. The first-order chi connectivity index (χ1) is 8.50. The Morgan fingerprint density at radius 1 is 1.39 bits per heavy atom. The van der Waals surface area contributed by atoms with Crippen LogP contribution < -0.4 is 17.0 Å². The number of hydrazine groups is 1. The summed E-state index contributed by atoms with van der Waals surface area (Å²) in [6, 6.07) is 0. The Balaban J connectivity index is 2.28. The molecule has 0 saturated carbocycles. The van der Waals surface area contributed by atoms with Crippen molar-refractivity contribution in [3.05, 3.63) is 10.4 Å². The Morgan fingerprint density at radius 3 is 2.89 bits per heavy atom. The maximum absolute atomic E-state index is 5.80. The minimum Gasteiger partial charge on any atom is -0.370 e. The number of ether oxygens (including phenoxy) is 1. The normalized spacial score (nSPS) is 17.7. The standard InChI is InChI=1S/C11H15N5OS/c1-11(2)3-5-6(4-17-11)18-9-7(5)8(16-13)14-10(12)15-9/h3-4,13H2,1-2H3,(H3,12,14,15,16). The van der Waals surface area contributed by atoms with Gasteiger partial charge in [0.15, 0.2) is 5.82 Å². The van der Waals surface area contributed by atoms with Crippen LogP contribution >= 0.6 is 11.3 Å². The quantitative estimate of drug-likeness (QED) is 0.532. The first-order valence-corrected chi connectivity index (χ1v) is 6.50. The number of nitrogens with two attached hydrogens (primary N) is 2. The summed E-state index contributed by atoms with van der Waals surface area (Å²) >= 11 is 1.59. The first-order valence-electron chi connectivity index (χ1n) is 5.68. The summed E-state index contributed by atoms with van der Waals surface area (Å²) in [6.07, 6.45) is 0.824. The SMILES string of the molecule is CC1(C)Cc2c(sc3nc(N)nc(NN)c23)CO1. The summed E-state index contributed by atoms with van der Waals surface area (Å²) in [5.74, 6) is 6.34. The van der Waals surface area contributed by atoms with Gasteiger partial charge in [-0.3, -0.25) is 0 Å². The van der Waals surface area contributed by atoms with Gasteiger partial charge in [-0.2, -0.15) is 4.98 Å². The molecule has 0 aliphatic carbocycles. The molecule has 1 aliphatic rings. The van der Waals surface area contributed by atoms with Gasteiger partial charge >= 0.3 is 0 Å². The minimum absolute atomic E-state index is 0.172.